The summed E-state index contributed by atoms with van der Waals surface area (Å²) in [5.74, 6) is -6.50. The molecule has 0 aromatic heterocycles. The number of carbonyl (C=O) groups excluding carboxylic acids is 6. The Morgan fingerprint density at radius 2 is 1.32 bits per heavy atom. The molecule has 0 saturated carbocycles. The maximum Gasteiger partial charge on any atom is 0.326 e. The van der Waals surface area contributed by atoms with Crippen LogP contribution in [0.2, 0.25) is 0 Å². The van der Waals surface area contributed by atoms with Gasteiger partial charge in [-0.25, -0.2) is 4.79 Å². The predicted octanol–water partition coefficient (Wildman–Crippen LogP) is -1.99. The summed E-state index contributed by atoms with van der Waals surface area (Å²) in [6, 6.07) is -6.60. The van der Waals surface area contributed by atoms with E-state index in [1.54, 1.807) is 41.5 Å². The minimum absolute atomic E-state index is 0.0768. The second kappa shape index (κ2) is 20.9. The Kier molecular flexibility index (Phi) is 18.2. The second-order valence-corrected chi connectivity index (χ2v) is 13.5. The SMILES string of the molecule is CC[C@H](C)[C@H](NC(=O)[C@@H](NC(=O)[C@@H](NC(=O)[C@@H](N)CCCN=C(N)N)C(C)C)C(C)C)C(=O)N[C@@H](CCC(N)=O)C(=O)N1CCC[C@H]1C(=O)O. The number of nitrogens with one attached hydrogen (secondary N) is 4. The average molecular weight is 711 g/mol. The standard InChI is InChI=1S/C32H58N10O8/c1-7-18(6)25(29(47)38-20(12-13-22(34)43)30(48)42-15-9-11-21(42)31(49)50)41-28(46)24(17(4)5)40-27(45)23(16(2)3)39-26(44)19(33)10-8-14-37-32(35)36/h16-21,23-25H,7-15,33H2,1-6H3,(H2,34,43)(H,38,47)(H,39,44)(H,40,45)(H,41,46)(H,49,50)(H4,35,36,37)/t18-,19-,20-,21-,23-,24-,25-/m0/s1. The van der Waals surface area contributed by atoms with Crippen molar-refractivity contribution in [3.8, 4) is 0 Å². The zero-order chi connectivity index (χ0) is 38.3. The molecule has 1 aliphatic heterocycles. The van der Waals surface area contributed by atoms with E-state index in [1.807, 2.05) is 0 Å². The van der Waals surface area contributed by atoms with Crippen LogP contribution < -0.4 is 44.2 Å². The molecule has 0 bridgehead atoms. The second-order valence-electron chi connectivity index (χ2n) is 13.5. The molecule has 0 aromatic rings. The van der Waals surface area contributed by atoms with Gasteiger partial charge in [0.05, 0.1) is 6.04 Å². The zero-order valence-electron chi connectivity index (χ0n) is 30.1. The van der Waals surface area contributed by atoms with Gasteiger partial charge >= 0.3 is 5.97 Å². The topological polar surface area (TPSA) is 308 Å². The number of hydrogen-bond acceptors (Lipinski definition) is 9. The van der Waals surface area contributed by atoms with Gasteiger partial charge in [0.15, 0.2) is 5.96 Å². The fourth-order valence-corrected chi connectivity index (χ4v) is 5.46. The first-order chi connectivity index (χ1) is 23.3. The highest BCUT2D eigenvalue weighted by Crippen LogP contribution is 2.20. The van der Waals surface area contributed by atoms with Crippen LogP contribution in [0.1, 0.15) is 86.5 Å². The summed E-state index contributed by atoms with van der Waals surface area (Å²) in [5.41, 5.74) is 21.9. The van der Waals surface area contributed by atoms with Gasteiger partial charge in [-0.3, -0.25) is 33.8 Å². The normalized spacial score (nSPS) is 17.9. The van der Waals surface area contributed by atoms with Gasteiger partial charge in [-0.15, -0.1) is 0 Å². The first-order valence-electron chi connectivity index (χ1n) is 17.2. The predicted molar refractivity (Wildman–Crippen MR) is 186 cm³/mol. The lowest BCUT2D eigenvalue weighted by atomic mass is 9.95. The van der Waals surface area contributed by atoms with Crippen LogP contribution in [0.25, 0.3) is 0 Å². The third-order valence-electron chi connectivity index (χ3n) is 8.71. The Morgan fingerprint density at radius 3 is 1.80 bits per heavy atom. The summed E-state index contributed by atoms with van der Waals surface area (Å²) >= 11 is 0. The van der Waals surface area contributed by atoms with E-state index in [0.29, 0.717) is 19.3 Å². The van der Waals surface area contributed by atoms with E-state index in [9.17, 15) is 38.7 Å². The maximum atomic E-state index is 13.7. The first kappa shape index (κ1) is 43.5. The molecule has 0 aliphatic carbocycles. The molecule has 284 valence electrons. The number of carboxylic acids is 1. The minimum atomic E-state index is -1.27. The number of hydrogen-bond donors (Lipinski definition) is 9. The van der Waals surface area contributed by atoms with E-state index in [-0.39, 0.29) is 50.7 Å². The number of aliphatic imine (C=N–C) groups is 1. The van der Waals surface area contributed by atoms with Crippen LogP contribution in [-0.2, 0) is 33.6 Å². The molecule has 0 unspecified atom stereocenters. The molecule has 1 fully saturated rings. The third-order valence-corrected chi connectivity index (χ3v) is 8.71. The van der Waals surface area contributed by atoms with Crippen LogP contribution >= 0.6 is 0 Å². The number of nitrogens with two attached hydrogens (primary N) is 4. The average Bonchev–Trinajstić information content (AvgIpc) is 3.54. The van der Waals surface area contributed by atoms with Crippen molar-refractivity contribution in [2.24, 2.45) is 45.7 Å². The number of carbonyl (C=O) groups is 7. The molecule has 18 heteroatoms. The van der Waals surface area contributed by atoms with Crippen LogP contribution in [-0.4, -0.2) is 107 Å². The molecule has 0 radical (unpaired) electrons. The van der Waals surface area contributed by atoms with E-state index >= 15 is 0 Å². The van der Waals surface area contributed by atoms with Gasteiger partial charge in [-0.05, 0) is 49.9 Å². The van der Waals surface area contributed by atoms with Crippen molar-refractivity contribution < 1.29 is 38.7 Å². The molecule has 0 spiro atoms. The molecule has 50 heavy (non-hydrogen) atoms. The molecule has 1 saturated heterocycles. The lowest BCUT2D eigenvalue weighted by Crippen LogP contribution is -2.61. The van der Waals surface area contributed by atoms with Crippen molar-refractivity contribution >= 4 is 47.4 Å². The summed E-state index contributed by atoms with van der Waals surface area (Å²) in [6.07, 6.45) is 1.43. The quantitative estimate of drug-likeness (QED) is 0.0357. The lowest BCUT2D eigenvalue weighted by molar-refractivity contribution is -0.149. The molecular weight excluding hydrogens is 652 g/mol. The Labute approximate surface area is 293 Å². The molecule has 7 atom stereocenters. The number of primary amides is 1. The number of nitrogens with zero attached hydrogens (tertiary/aromatic N) is 2. The van der Waals surface area contributed by atoms with Gasteiger partial charge in [-0.2, -0.15) is 0 Å². The van der Waals surface area contributed by atoms with Gasteiger partial charge in [0.25, 0.3) is 0 Å². The third kappa shape index (κ3) is 13.8. The number of rotatable bonds is 21. The number of guanidine groups is 1. The Hall–Kier alpha value is -4.48. The maximum absolute atomic E-state index is 13.7. The Balaban J connectivity index is 3.14. The van der Waals surface area contributed by atoms with Gasteiger partial charge in [0, 0.05) is 19.5 Å². The minimum Gasteiger partial charge on any atom is -0.480 e. The zero-order valence-corrected chi connectivity index (χ0v) is 30.1. The van der Waals surface area contributed by atoms with Crippen molar-refractivity contribution in [2.75, 3.05) is 13.1 Å². The number of carboxylic acid groups (broad SMARTS) is 1. The van der Waals surface area contributed by atoms with Crippen LogP contribution in [0.4, 0.5) is 0 Å². The van der Waals surface area contributed by atoms with E-state index in [1.165, 1.54) is 4.90 Å². The van der Waals surface area contributed by atoms with E-state index in [4.69, 9.17) is 22.9 Å². The highest BCUT2D eigenvalue weighted by molar-refractivity contribution is 5.97. The lowest BCUT2D eigenvalue weighted by Gasteiger charge is -2.32. The van der Waals surface area contributed by atoms with Gasteiger partial charge in [0.1, 0.15) is 30.2 Å². The van der Waals surface area contributed by atoms with Crippen molar-refractivity contribution in [2.45, 2.75) is 123 Å². The molecule has 1 heterocycles. The summed E-state index contributed by atoms with van der Waals surface area (Å²) in [7, 11) is 0. The van der Waals surface area contributed by atoms with Crippen LogP contribution in [0.5, 0.6) is 0 Å². The van der Waals surface area contributed by atoms with Gasteiger partial charge < -0.3 is 54.2 Å². The van der Waals surface area contributed by atoms with Gasteiger partial charge in [0.2, 0.25) is 35.4 Å². The monoisotopic (exact) mass is 710 g/mol. The van der Waals surface area contributed by atoms with Crippen molar-refractivity contribution in [1.29, 1.82) is 0 Å². The van der Waals surface area contributed by atoms with Gasteiger partial charge in [-0.1, -0.05) is 48.0 Å². The fraction of sp³-hybridized carbons (Fsp3) is 0.750. The van der Waals surface area contributed by atoms with E-state index in [0.717, 1.165) is 0 Å². The summed E-state index contributed by atoms with van der Waals surface area (Å²) in [5, 5.41) is 20.3. The molecular formula is C32H58N10O8. The molecule has 0 aromatic carbocycles. The van der Waals surface area contributed by atoms with Crippen molar-refractivity contribution in [3.05, 3.63) is 0 Å². The summed E-state index contributed by atoms with van der Waals surface area (Å²) in [4.78, 5) is 95.5. The van der Waals surface area contributed by atoms with Crippen molar-refractivity contribution in [3.63, 3.8) is 0 Å². The molecule has 1 rings (SSSR count). The highest BCUT2D eigenvalue weighted by atomic mass is 16.4. The van der Waals surface area contributed by atoms with E-state index in [2.05, 4.69) is 26.3 Å². The van der Waals surface area contributed by atoms with E-state index < -0.39 is 89.5 Å². The van der Waals surface area contributed by atoms with Crippen LogP contribution in [0, 0.1) is 17.8 Å². The molecule has 1 aliphatic rings. The first-order valence-corrected chi connectivity index (χ1v) is 17.2. The molecule has 13 N–H and O–H groups in total. The summed E-state index contributed by atoms with van der Waals surface area (Å²) in [6.45, 7) is 10.8. The number of likely N-dealkylation sites (tertiary alicyclic amines) is 1. The van der Waals surface area contributed by atoms with Crippen LogP contribution in [0.15, 0.2) is 4.99 Å². The van der Waals surface area contributed by atoms with Crippen LogP contribution in [0.3, 0.4) is 0 Å². The largest absolute Gasteiger partial charge is 0.480 e. The number of aliphatic carboxylic acids is 1. The Morgan fingerprint density at radius 1 is 0.800 bits per heavy atom. The number of amides is 6. The highest BCUT2D eigenvalue weighted by Gasteiger charge is 2.39. The van der Waals surface area contributed by atoms with Crippen molar-refractivity contribution in [1.82, 2.24) is 26.2 Å². The Bertz CT molecular complexity index is 1240. The fourth-order valence-electron chi connectivity index (χ4n) is 5.46. The summed E-state index contributed by atoms with van der Waals surface area (Å²) < 4.78 is 0. The molecule has 18 nitrogen and oxygen atoms in total. The molecule has 6 amide bonds. The smallest absolute Gasteiger partial charge is 0.326 e.